The first-order valence-corrected chi connectivity index (χ1v) is 3.45. The molecule has 0 heterocycles. The summed E-state index contributed by atoms with van der Waals surface area (Å²) in [5.41, 5.74) is 0.0567. The number of alkyl halides is 1. The van der Waals surface area contributed by atoms with E-state index in [0.29, 0.717) is 12.8 Å². The molecule has 0 aromatic heterocycles. The third-order valence-corrected chi connectivity index (χ3v) is 2.02. The Hall–Kier alpha value is 0.449. The van der Waals surface area contributed by atoms with Crippen LogP contribution in [0.1, 0.15) is 25.7 Å². The Balaban J connectivity index is 0.000000810. The van der Waals surface area contributed by atoms with Crippen molar-refractivity contribution in [3.63, 3.8) is 0 Å². The van der Waals surface area contributed by atoms with Gasteiger partial charge in [-0.3, -0.25) is 0 Å². The standard InChI is InChI=1S/C8H13F.Mn/c1-3-4-8(2)5-7(9)6-8;/h7H,1-6H2;/q-2;+2. The van der Waals surface area contributed by atoms with E-state index in [0.717, 1.165) is 12.8 Å². The molecule has 1 aliphatic carbocycles. The molecule has 0 N–H and O–H groups in total. The average Bonchev–Trinajstić information content (AvgIpc) is 1.62. The van der Waals surface area contributed by atoms with Crippen LogP contribution in [-0.4, -0.2) is 6.17 Å². The molecule has 0 aliphatic heterocycles. The van der Waals surface area contributed by atoms with Crippen molar-refractivity contribution in [2.45, 2.75) is 31.9 Å². The van der Waals surface area contributed by atoms with Gasteiger partial charge in [0, 0.05) is 0 Å². The average molecular weight is 183 g/mol. The van der Waals surface area contributed by atoms with Crippen LogP contribution in [0.25, 0.3) is 0 Å². The maximum Gasteiger partial charge on any atom is 2.00 e. The van der Waals surface area contributed by atoms with E-state index in [1.54, 1.807) is 0 Å². The van der Waals surface area contributed by atoms with Crippen molar-refractivity contribution in [1.82, 2.24) is 0 Å². The van der Waals surface area contributed by atoms with Gasteiger partial charge in [-0.25, -0.2) is 4.39 Å². The number of hydrogen-bond donors (Lipinski definition) is 0. The second kappa shape index (κ2) is 3.73. The smallest absolute Gasteiger partial charge is 0.343 e. The van der Waals surface area contributed by atoms with Gasteiger partial charge in [-0.05, 0) is 12.8 Å². The molecular formula is C8H13FMn. The first kappa shape index (κ1) is 10.4. The first-order valence-electron chi connectivity index (χ1n) is 3.45. The molecule has 0 nitrogen and oxygen atoms in total. The Labute approximate surface area is 73.0 Å². The molecule has 1 saturated carbocycles. The molecular weight excluding hydrogens is 170 g/mol. The zero-order valence-electron chi connectivity index (χ0n) is 6.08. The van der Waals surface area contributed by atoms with Gasteiger partial charge in [-0.1, -0.05) is 0 Å². The van der Waals surface area contributed by atoms with Crippen molar-refractivity contribution in [3.8, 4) is 0 Å². The van der Waals surface area contributed by atoms with E-state index in [4.69, 9.17) is 0 Å². The van der Waals surface area contributed by atoms with Gasteiger partial charge in [-0.15, -0.1) is 6.42 Å². The molecule has 10 heavy (non-hydrogen) atoms. The van der Waals surface area contributed by atoms with Gasteiger partial charge in [0.15, 0.2) is 0 Å². The molecule has 0 unspecified atom stereocenters. The van der Waals surface area contributed by atoms with Gasteiger partial charge < -0.3 is 13.8 Å². The molecule has 0 aromatic carbocycles. The summed E-state index contributed by atoms with van der Waals surface area (Å²) in [5, 5.41) is 0. The minimum atomic E-state index is -0.575. The minimum absolute atomic E-state index is 0. The van der Waals surface area contributed by atoms with Crippen LogP contribution in [0.2, 0.25) is 0 Å². The third kappa shape index (κ3) is 2.25. The molecule has 0 bridgehead atoms. The summed E-state index contributed by atoms with van der Waals surface area (Å²) in [7, 11) is 0. The summed E-state index contributed by atoms with van der Waals surface area (Å²) < 4.78 is 12.3. The molecule has 1 radical (unpaired) electrons. The fourth-order valence-electron chi connectivity index (χ4n) is 1.46. The summed E-state index contributed by atoms with van der Waals surface area (Å²) in [6.07, 6.45) is 2.60. The van der Waals surface area contributed by atoms with Crippen LogP contribution in [-0.2, 0) is 17.1 Å². The molecule has 0 amide bonds. The van der Waals surface area contributed by atoms with E-state index < -0.39 is 6.17 Å². The van der Waals surface area contributed by atoms with Gasteiger partial charge in [0.2, 0.25) is 0 Å². The third-order valence-electron chi connectivity index (χ3n) is 2.02. The topological polar surface area (TPSA) is 0 Å². The number of hydrogen-bond acceptors (Lipinski definition) is 0. The van der Waals surface area contributed by atoms with Gasteiger partial charge in [0.05, 0.1) is 6.17 Å². The molecule has 0 atom stereocenters. The molecule has 1 aliphatic rings. The first-order chi connectivity index (χ1) is 4.16. The Morgan fingerprint density at radius 1 is 1.50 bits per heavy atom. The quantitative estimate of drug-likeness (QED) is 0.456. The van der Waals surface area contributed by atoms with Gasteiger partial charge in [-0.2, -0.15) is 11.8 Å². The van der Waals surface area contributed by atoms with E-state index in [9.17, 15) is 4.39 Å². The van der Waals surface area contributed by atoms with Crippen molar-refractivity contribution in [2.24, 2.45) is 5.41 Å². The summed E-state index contributed by atoms with van der Waals surface area (Å²) in [6.45, 7) is 7.65. The molecule has 0 aromatic rings. The van der Waals surface area contributed by atoms with Crippen molar-refractivity contribution in [2.75, 3.05) is 0 Å². The summed E-state index contributed by atoms with van der Waals surface area (Å²) in [6, 6.07) is 0. The van der Waals surface area contributed by atoms with Crippen LogP contribution in [0.3, 0.4) is 0 Å². The zero-order chi connectivity index (χ0) is 6.91. The molecule has 1 rings (SSSR count). The molecule has 2 heteroatoms. The van der Waals surface area contributed by atoms with E-state index in [1.165, 1.54) is 0 Å². The fraction of sp³-hybridized carbons (Fsp3) is 0.750. The zero-order valence-corrected chi connectivity index (χ0v) is 7.26. The summed E-state index contributed by atoms with van der Waals surface area (Å²) in [4.78, 5) is 0. The van der Waals surface area contributed by atoms with Crippen LogP contribution >= 0.6 is 0 Å². The Morgan fingerprint density at radius 2 is 2.00 bits per heavy atom. The maximum absolute atomic E-state index is 12.3. The Morgan fingerprint density at radius 3 is 2.30 bits per heavy atom. The fourth-order valence-corrected chi connectivity index (χ4v) is 1.46. The predicted octanol–water partition coefficient (Wildman–Crippen LogP) is 2.55. The van der Waals surface area contributed by atoms with E-state index >= 15 is 0 Å². The van der Waals surface area contributed by atoms with Gasteiger partial charge in [0.25, 0.3) is 0 Å². The van der Waals surface area contributed by atoms with Crippen molar-refractivity contribution >= 4 is 0 Å². The molecule has 59 valence electrons. The largest absolute Gasteiger partial charge is 2.00 e. The van der Waals surface area contributed by atoms with Crippen molar-refractivity contribution in [3.05, 3.63) is 13.8 Å². The van der Waals surface area contributed by atoms with Crippen LogP contribution < -0.4 is 0 Å². The Kier molecular flexibility index (Phi) is 3.90. The van der Waals surface area contributed by atoms with Gasteiger partial charge in [0.1, 0.15) is 0 Å². The summed E-state index contributed by atoms with van der Waals surface area (Å²) >= 11 is 0. The monoisotopic (exact) mass is 183 g/mol. The number of halogens is 1. The number of rotatable bonds is 2. The minimum Gasteiger partial charge on any atom is -0.343 e. The van der Waals surface area contributed by atoms with Crippen LogP contribution in [0.5, 0.6) is 0 Å². The van der Waals surface area contributed by atoms with E-state index in [-0.39, 0.29) is 22.5 Å². The second-order valence-electron chi connectivity index (χ2n) is 3.11. The van der Waals surface area contributed by atoms with Crippen LogP contribution in [0.4, 0.5) is 4.39 Å². The van der Waals surface area contributed by atoms with E-state index in [1.807, 2.05) is 0 Å². The normalized spacial score (nSPS) is 38.1. The molecule has 0 saturated heterocycles. The van der Waals surface area contributed by atoms with Gasteiger partial charge >= 0.3 is 17.1 Å². The van der Waals surface area contributed by atoms with Crippen LogP contribution in [0.15, 0.2) is 0 Å². The molecule has 0 spiro atoms. The molecule has 1 fully saturated rings. The van der Waals surface area contributed by atoms with Crippen molar-refractivity contribution < 1.29 is 21.5 Å². The Bertz CT molecular complexity index is 91.9. The summed E-state index contributed by atoms with van der Waals surface area (Å²) in [5.74, 6) is 0. The van der Waals surface area contributed by atoms with Crippen molar-refractivity contribution in [1.29, 1.82) is 0 Å². The maximum atomic E-state index is 12.3. The predicted molar refractivity (Wildman–Crippen MR) is 36.5 cm³/mol. The second-order valence-corrected chi connectivity index (χ2v) is 3.11. The van der Waals surface area contributed by atoms with Crippen LogP contribution in [0, 0.1) is 19.3 Å². The van der Waals surface area contributed by atoms with E-state index in [2.05, 4.69) is 13.8 Å². The SMILES string of the molecule is [CH2-]CCC1([CH2-])CC(F)C1.[Mn+2].